The first kappa shape index (κ1) is 9.25. The summed E-state index contributed by atoms with van der Waals surface area (Å²) in [7, 11) is 0. The smallest absolute Gasteiger partial charge is 0.104 e. The quantitative estimate of drug-likeness (QED) is 0.770. The molecule has 2 heteroatoms. The molecule has 1 aromatic carbocycles. The van der Waals surface area contributed by atoms with Gasteiger partial charge in [0.1, 0.15) is 5.82 Å². The van der Waals surface area contributed by atoms with Crippen molar-refractivity contribution in [3.63, 3.8) is 0 Å². The number of nitrogens with one attached hydrogen (secondary N) is 1. The predicted molar refractivity (Wildman–Crippen MR) is 59.6 cm³/mol. The van der Waals surface area contributed by atoms with Gasteiger partial charge in [0.15, 0.2) is 0 Å². The van der Waals surface area contributed by atoms with Crippen molar-refractivity contribution in [3.05, 3.63) is 29.1 Å². The van der Waals surface area contributed by atoms with Crippen molar-refractivity contribution in [2.75, 3.05) is 0 Å². The van der Waals surface area contributed by atoms with Gasteiger partial charge in [0.2, 0.25) is 0 Å². The molecule has 2 rings (SSSR count). The summed E-state index contributed by atoms with van der Waals surface area (Å²) in [5.41, 5.74) is 5.07. The summed E-state index contributed by atoms with van der Waals surface area (Å²) in [6, 6.07) is 4.29. The van der Waals surface area contributed by atoms with Crippen LogP contribution in [-0.4, -0.2) is 9.97 Å². The predicted octanol–water partition coefficient (Wildman–Crippen LogP) is 3.13. The van der Waals surface area contributed by atoms with E-state index in [-0.39, 0.29) is 0 Å². The molecule has 2 aromatic rings. The van der Waals surface area contributed by atoms with E-state index in [9.17, 15) is 0 Å². The lowest BCUT2D eigenvalue weighted by atomic mass is 10.0. The van der Waals surface area contributed by atoms with Crippen LogP contribution in [0.3, 0.4) is 0 Å². The molecule has 2 nitrogen and oxygen atoms in total. The monoisotopic (exact) mass is 188 g/mol. The summed E-state index contributed by atoms with van der Waals surface area (Å²) in [6.45, 7) is 6.37. The largest absolute Gasteiger partial charge is 0.342 e. The summed E-state index contributed by atoms with van der Waals surface area (Å²) in [5, 5.41) is 0. The van der Waals surface area contributed by atoms with Crippen molar-refractivity contribution in [2.24, 2.45) is 0 Å². The van der Waals surface area contributed by atoms with Gasteiger partial charge < -0.3 is 4.98 Å². The highest BCUT2D eigenvalue weighted by molar-refractivity contribution is 5.80. The Morgan fingerprint density at radius 2 is 2.07 bits per heavy atom. The van der Waals surface area contributed by atoms with Gasteiger partial charge in [-0.2, -0.15) is 0 Å². The summed E-state index contributed by atoms with van der Waals surface area (Å²) < 4.78 is 0. The molecule has 0 saturated heterocycles. The molecule has 1 heterocycles. The van der Waals surface area contributed by atoms with E-state index in [1.807, 2.05) is 6.92 Å². The Morgan fingerprint density at radius 3 is 2.79 bits per heavy atom. The van der Waals surface area contributed by atoms with Crippen LogP contribution in [0.4, 0.5) is 0 Å². The van der Waals surface area contributed by atoms with E-state index in [2.05, 4.69) is 35.9 Å². The van der Waals surface area contributed by atoms with Crippen molar-refractivity contribution >= 4 is 11.0 Å². The van der Waals surface area contributed by atoms with Gasteiger partial charge in [-0.25, -0.2) is 4.98 Å². The van der Waals surface area contributed by atoms with E-state index < -0.39 is 0 Å². The molecule has 0 radical (unpaired) electrons. The van der Waals surface area contributed by atoms with Gasteiger partial charge in [0.25, 0.3) is 0 Å². The van der Waals surface area contributed by atoms with E-state index in [0.29, 0.717) is 0 Å². The number of aromatic nitrogens is 2. The maximum atomic E-state index is 4.54. The van der Waals surface area contributed by atoms with Crippen LogP contribution in [0.1, 0.15) is 30.3 Å². The molecule has 0 aliphatic heterocycles. The molecule has 0 fully saturated rings. The fraction of sp³-hybridized carbons (Fsp3) is 0.417. The van der Waals surface area contributed by atoms with Crippen molar-refractivity contribution in [1.29, 1.82) is 0 Å². The van der Waals surface area contributed by atoms with Gasteiger partial charge in [-0.1, -0.05) is 19.4 Å². The summed E-state index contributed by atoms with van der Waals surface area (Å²) >= 11 is 0. The minimum atomic E-state index is 1.00. The number of aromatic amines is 1. The average molecular weight is 188 g/mol. The minimum Gasteiger partial charge on any atom is -0.342 e. The first-order chi connectivity index (χ1) is 6.72. The molecule has 0 aliphatic rings. The van der Waals surface area contributed by atoms with E-state index in [1.165, 1.54) is 17.5 Å². The maximum absolute atomic E-state index is 4.54. The molecule has 0 saturated carbocycles. The van der Waals surface area contributed by atoms with Crippen LogP contribution in [0.15, 0.2) is 12.1 Å². The summed E-state index contributed by atoms with van der Waals surface area (Å²) in [4.78, 5) is 7.81. The van der Waals surface area contributed by atoms with Crippen LogP contribution in [0.25, 0.3) is 11.0 Å². The van der Waals surface area contributed by atoms with E-state index >= 15 is 0 Å². The normalized spacial score (nSPS) is 11.1. The van der Waals surface area contributed by atoms with Gasteiger partial charge in [-0.15, -0.1) is 0 Å². The first-order valence-corrected chi connectivity index (χ1v) is 5.17. The SMILES string of the molecule is CCCc1c(C)ccc2[nH]c(C)nc12. The number of H-pyrrole nitrogens is 1. The van der Waals surface area contributed by atoms with Crippen LogP contribution in [-0.2, 0) is 6.42 Å². The fourth-order valence-electron chi connectivity index (χ4n) is 1.92. The average Bonchev–Trinajstić information content (AvgIpc) is 2.51. The molecular weight excluding hydrogens is 172 g/mol. The van der Waals surface area contributed by atoms with Gasteiger partial charge in [-0.05, 0) is 37.5 Å². The second kappa shape index (κ2) is 3.45. The Morgan fingerprint density at radius 1 is 1.29 bits per heavy atom. The number of imidazole rings is 1. The van der Waals surface area contributed by atoms with Crippen LogP contribution < -0.4 is 0 Å². The molecule has 1 N–H and O–H groups in total. The number of nitrogens with zero attached hydrogens (tertiary/aromatic N) is 1. The number of hydrogen-bond acceptors (Lipinski definition) is 1. The van der Waals surface area contributed by atoms with Crippen molar-refractivity contribution in [1.82, 2.24) is 9.97 Å². The molecular formula is C12H16N2. The number of benzene rings is 1. The van der Waals surface area contributed by atoms with Gasteiger partial charge >= 0.3 is 0 Å². The summed E-state index contributed by atoms with van der Waals surface area (Å²) in [5.74, 6) is 1.00. The molecule has 0 aliphatic carbocycles. The molecule has 0 spiro atoms. The summed E-state index contributed by atoms with van der Waals surface area (Å²) in [6.07, 6.45) is 2.29. The van der Waals surface area contributed by atoms with Crippen LogP contribution in [0.2, 0.25) is 0 Å². The lowest BCUT2D eigenvalue weighted by Gasteiger charge is -2.04. The minimum absolute atomic E-state index is 1.00. The topological polar surface area (TPSA) is 28.7 Å². The van der Waals surface area contributed by atoms with Crippen LogP contribution in [0.5, 0.6) is 0 Å². The lowest BCUT2D eigenvalue weighted by Crippen LogP contribution is -1.90. The second-order valence-electron chi connectivity index (χ2n) is 3.83. The molecule has 0 atom stereocenters. The highest BCUT2D eigenvalue weighted by Gasteiger charge is 2.07. The zero-order valence-corrected chi connectivity index (χ0v) is 9.02. The number of rotatable bonds is 2. The molecule has 0 bridgehead atoms. The zero-order valence-electron chi connectivity index (χ0n) is 9.02. The van der Waals surface area contributed by atoms with E-state index in [4.69, 9.17) is 0 Å². The first-order valence-electron chi connectivity index (χ1n) is 5.17. The number of aryl methyl sites for hydroxylation is 3. The maximum Gasteiger partial charge on any atom is 0.104 e. The van der Waals surface area contributed by atoms with Crippen molar-refractivity contribution in [3.8, 4) is 0 Å². The standard InChI is InChI=1S/C12H16N2/c1-4-5-10-8(2)6-7-11-12(10)14-9(3)13-11/h6-7H,4-5H2,1-3H3,(H,13,14). The van der Waals surface area contributed by atoms with E-state index in [0.717, 1.165) is 23.3 Å². The third kappa shape index (κ3) is 1.41. The van der Waals surface area contributed by atoms with E-state index in [1.54, 1.807) is 0 Å². The fourth-order valence-corrected chi connectivity index (χ4v) is 1.92. The van der Waals surface area contributed by atoms with Crippen LogP contribution >= 0.6 is 0 Å². The highest BCUT2D eigenvalue weighted by Crippen LogP contribution is 2.21. The van der Waals surface area contributed by atoms with Crippen molar-refractivity contribution < 1.29 is 0 Å². The van der Waals surface area contributed by atoms with Crippen molar-refractivity contribution in [2.45, 2.75) is 33.6 Å². The Bertz CT molecular complexity index is 455. The highest BCUT2D eigenvalue weighted by atomic mass is 14.9. The van der Waals surface area contributed by atoms with Gasteiger partial charge in [0.05, 0.1) is 11.0 Å². The Labute approximate surface area is 84.4 Å². The Kier molecular flexibility index (Phi) is 2.28. The number of hydrogen-bond donors (Lipinski definition) is 1. The number of fused-ring (bicyclic) bond motifs is 1. The molecule has 0 amide bonds. The molecule has 14 heavy (non-hydrogen) atoms. The second-order valence-corrected chi connectivity index (χ2v) is 3.83. The zero-order chi connectivity index (χ0) is 10.1. The third-order valence-corrected chi connectivity index (χ3v) is 2.61. The molecule has 74 valence electrons. The lowest BCUT2D eigenvalue weighted by molar-refractivity contribution is 0.918. The van der Waals surface area contributed by atoms with Gasteiger partial charge in [0, 0.05) is 0 Å². The Hall–Kier alpha value is -1.31. The third-order valence-electron chi connectivity index (χ3n) is 2.61. The Balaban J connectivity index is 2.68. The van der Waals surface area contributed by atoms with Gasteiger partial charge in [-0.3, -0.25) is 0 Å². The molecule has 0 unspecified atom stereocenters. The molecule has 1 aromatic heterocycles. The van der Waals surface area contributed by atoms with Crippen LogP contribution in [0, 0.1) is 13.8 Å².